The number of rotatable bonds is 4. The van der Waals surface area contributed by atoms with E-state index in [0.29, 0.717) is 10.8 Å². The number of benzene rings is 1. The summed E-state index contributed by atoms with van der Waals surface area (Å²) in [5.74, 6) is -0.382. The third-order valence-corrected chi connectivity index (χ3v) is 3.22. The largest absolute Gasteiger partial charge is 0.426 e. The number of sulfone groups is 1. The fourth-order valence-corrected chi connectivity index (χ4v) is 1.93. The average molecular weight is 277 g/mol. The number of esters is 1. The van der Waals surface area contributed by atoms with E-state index in [1.54, 1.807) is 25.1 Å². The predicted molar refractivity (Wildman–Crippen MR) is 66.2 cm³/mol. The number of carbonyl (C=O) groups is 1. The zero-order chi connectivity index (χ0) is 13.1. The Morgan fingerprint density at radius 2 is 2.06 bits per heavy atom. The van der Waals surface area contributed by atoms with Crippen molar-refractivity contribution in [2.75, 3.05) is 12.0 Å². The van der Waals surface area contributed by atoms with Gasteiger partial charge in [0.05, 0.1) is 12.2 Å². The molecule has 94 valence electrons. The lowest BCUT2D eigenvalue weighted by atomic mass is 10.2. The first-order valence-electron chi connectivity index (χ1n) is 4.92. The van der Waals surface area contributed by atoms with Gasteiger partial charge >= 0.3 is 5.97 Å². The fourth-order valence-electron chi connectivity index (χ4n) is 1.17. The summed E-state index contributed by atoms with van der Waals surface area (Å²) in [6.45, 7) is 1.76. The minimum Gasteiger partial charge on any atom is -0.426 e. The molecule has 0 aliphatic carbocycles. The van der Waals surface area contributed by atoms with E-state index in [2.05, 4.69) is 0 Å². The molecule has 1 aromatic rings. The smallest absolute Gasteiger partial charge is 0.312 e. The van der Waals surface area contributed by atoms with E-state index in [0.717, 1.165) is 11.8 Å². The second-order valence-corrected chi connectivity index (χ2v) is 6.46. The summed E-state index contributed by atoms with van der Waals surface area (Å²) in [5, 5.41) is 0.554. The van der Waals surface area contributed by atoms with Crippen LogP contribution in [0.15, 0.2) is 18.2 Å². The molecular formula is C11H13ClO4S. The Morgan fingerprint density at radius 1 is 1.41 bits per heavy atom. The van der Waals surface area contributed by atoms with Crippen LogP contribution in [0.5, 0.6) is 5.75 Å². The molecule has 0 fully saturated rings. The van der Waals surface area contributed by atoms with Crippen molar-refractivity contribution in [2.24, 2.45) is 0 Å². The first-order chi connectivity index (χ1) is 7.78. The lowest BCUT2D eigenvalue weighted by molar-refractivity contribution is -0.133. The van der Waals surface area contributed by atoms with E-state index in [1.165, 1.54) is 0 Å². The molecule has 1 aromatic carbocycles. The average Bonchev–Trinajstić information content (AvgIpc) is 2.18. The van der Waals surface area contributed by atoms with Crippen molar-refractivity contribution in [3.05, 3.63) is 28.8 Å². The van der Waals surface area contributed by atoms with Crippen molar-refractivity contribution in [1.82, 2.24) is 0 Å². The standard InChI is InChI=1S/C11H13ClO4S/c1-8-7-9(12)3-4-10(8)16-11(13)5-6-17(2,14)15/h3-4,7H,5-6H2,1-2H3. The minimum atomic E-state index is -3.15. The van der Waals surface area contributed by atoms with Gasteiger partial charge in [0, 0.05) is 11.3 Å². The first kappa shape index (κ1) is 14.0. The quantitative estimate of drug-likeness (QED) is 0.623. The molecular weight excluding hydrogens is 264 g/mol. The van der Waals surface area contributed by atoms with Gasteiger partial charge in [-0.2, -0.15) is 0 Å². The molecule has 4 nitrogen and oxygen atoms in total. The molecule has 0 radical (unpaired) electrons. The highest BCUT2D eigenvalue weighted by Crippen LogP contribution is 2.22. The molecule has 17 heavy (non-hydrogen) atoms. The summed E-state index contributed by atoms with van der Waals surface area (Å²) in [4.78, 5) is 11.4. The van der Waals surface area contributed by atoms with Crippen molar-refractivity contribution >= 4 is 27.4 Å². The van der Waals surface area contributed by atoms with Gasteiger partial charge < -0.3 is 4.74 Å². The zero-order valence-corrected chi connectivity index (χ0v) is 11.1. The maximum atomic E-state index is 11.4. The number of hydrogen-bond acceptors (Lipinski definition) is 4. The highest BCUT2D eigenvalue weighted by Gasteiger charge is 2.11. The first-order valence-corrected chi connectivity index (χ1v) is 7.36. The van der Waals surface area contributed by atoms with E-state index in [1.807, 2.05) is 0 Å². The van der Waals surface area contributed by atoms with Gasteiger partial charge in [-0.15, -0.1) is 0 Å². The maximum Gasteiger partial charge on any atom is 0.312 e. The molecule has 0 bridgehead atoms. The molecule has 0 aliphatic rings. The van der Waals surface area contributed by atoms with Gasteiger partial charge in [0.1, 0.15) is 15.6 Å². The molecule has 0 unspecified atom stereocenters. The highest BCUT2D eigenvalue weighted by molar-refractivity contribution is 7.90. The van der Waals surface area contributed by atoms with E-state index in [9.17, 15) is 13.2 Å². The van der Waals surface area contributed by atoms with Gasteiger partial charge in [-0.05, 0) is 30.7 Å². The molecule has 0 heterocycles. The summed E-state index contributed by atoms with van der Waals surface area (Å²) in [6, 6.07) is 4.85. The number of hydrogen-bond donors (Lipinski definition) is 0. The summed E-state index contributed by atoms with van der Waals surface area (Å²) in [7, 11) is -3.15. The van der Waals surface area contributed by atoms with E-state index in [4.69, 9.17) is 16.3 Å². The van der Waals surface area contributed by atoms with Crippen molar-refractivity contribution in [2.45, 2.75) is 13.3 Å². The molecule has 0 aliphatic heterocycles. The fraction of sp³-hybridized carbons (Fsp3) is 0.364. The topological polar surface area (TPSA) is 60.4 Å². The van der Waals surface area contributed by atoms with Gasteiger partial charge in [-0.25, -0.2) is 8.42 Å². The van der Waals surface area contributed by atoms with Crippen molar-refractivity contribution < 1.29 is 17.9 Å². The van der Waals surface area contributed by atoms with E-state index < -0.39 is 15.8 Å². The van der Waals surface area contributed by atoms with Crippen LogP contribution >= 0.6 is 11.6 Å². The van der Waals surface area contributed by atoms with E-state index in [-0.39, 0.29) is 12.2 Å². The van der Waals surface area contributed by atoms with Crippen LogP contribution in [0.3, 0.4) is 0 Å². The molecule has 0 spiro atoms. The minimum absolute atomic E-state index is 0.152. The van der Waals surface area contributed by atoms with Gasteiger partial charge in [0.25, 0.3) is 0 Å². The number of aryl methyl sites for hydroxylation is 1. The highest BCUT2D eigenvalue weighted by atomic mass is 35.5. The molecule has 0 atom stereocenters. The predicted octanol–water partition coefficient (Wildman–Crippen LogP) is 1.99. The molecule has 1 rings (SSSR count). The summed E-state index contributed by atoms with van der Waals surface area (Å²) < 4.78 is 26.8. The van der Waals surface area contributed by atoms with Crippen LogP contribution in [0.2, 0.25) is 5.02 Å². The second kappa shape index (κ2) is 5.51. The Kier molecular flexibility index (Phi) is 4.54. The van der Waals surface area contributed by atoms with Gasteiger partial charge in [-0.1, -0.05) is 11.6 Å². The number of halogens is 1. The van der Waals surface area contributed by atoms with Crippen molar-refractivity contribution in [1.29, 1.82) is 0 Å². The lowest BCUT2D eigenvalue weighted by Gasteiger charge is -2.07. The van der Waals surface area contributed by atoms with Crippen LogP contribution in [-0.4, -0.2) is 26.4 Å². The summed E-state index contributed by atoms with van der Waals surface area (Å²) >= 11 is 5.75. The maximum absolute atomic E-state index is 11.4. The zero-order valence-electron chi connectivity index (χ0n) is 9.57. The van der Waals surface area contributed by atoms with Crippen LogP contribution in [0.4, 0.5) is 0 Å². The normalized spacial score (nSPS) is 11.2. The van der Waals surface area contributed by atoms with E-state index >= 15 is 0 Å². The van der Waals surface area contributed by atoms with Crippen LogP contribution in [0.1, 0.15) is 12.0 Å². The Bertz CT molecular complexity index is 522. The molecule has 0 saturated heterocycles. The molecule has 6 heteroatoms. The monoisotopic (exact) mass is 276 g/mol. The van der Waals surface area contributed by atoms with Crippen molar-refractivity contribution in [3.8, 4) is 5.75 Å². The Hall–Kier alpha value is -1.07. The summed E-state index contributed by atoms with van der Waals surface area (Å²) in [5.41, 5.74) is 0.727. The Labute approximate surface area is 105 Å². The van der Waals surface area contributed by atoms with Gasteiger partial charge in [-0.3, -0.25) is 4.79 Å². The summed E-state index contributed by atoms with van der Waals surface area (Å²) in [6.07, 6.45) is 0.925. The number of carbonyl (C=O) groups excluding carboxylic acids is 1. The van der Waals surface area contributed by atoms with Crippen LogP contribution in [0.25, 0.3) is 0 Å². The molecule has 0 amide bonds. The van der Waals surface area contributed by atoms with Crippen LogP contribution in [-0.2, 0) is 14.6 Å². The van der Waals surface area contributed by atoms with Gasteiger partial charge in [0.2, 0.25) is 0 Å². The molecule has 0 N–H and O–H groups in total. The van der Waals surface area contributed by atoms with Crippen LogP contribution < -0.4 is 4.74 Å². The van der Waals surface area contributed by atoms with Gasteiger partial charge in [0.15, 0.2) is 0 Å². The SMILES string of the molecule is Cc1cc(Cl)ccc1OC(=O)CCS(C)(=O)=O. The van der Waals surface area contributed by atoms with Crippen LogP contribution in [0, 0.1) is 6.92 Å². The van der Waals surface area contributed by atoms with Crippen molar-refractivity contribution in [3.63, 3.8) is 0 Å². The number of ether oxygens (including phenoxy) is 1. The Morgan fingerprint density at radius 3 is 2.59 bits per heavy atom. The Balaban J connectivity index is 2.62. The second-order valence-electron chi connectivity index (χ2n) is 3.76. The third kappa shape index (κ3) is 5.19. The molecule has 0 aromatic heterocycles. The lowest BCUT2D eigenvalue weighted by Crippen LogP contribution is -2.14. The third-order valence-electron chi connectivity index (χ3n) is 2.04. The molecule has 0 saturated carbocycles.